The summed E-state index contributed by atoms with van der Waals surface area (Å²) in [6, 6.07) is 3.78. The molecule has 0 spiro atoms. The molecule has 6 nitrogen and oxygen atoms in total. The number of aryl methyl sites for hydroxylation is 1. The predicted molar refractivity (Wildman–Crippen MR) is 56.4 cm³/mol. The topological polar surface area (TPSA) is 76.7 Å². The fourth-order valence-electron chi connectivity index (χ4n) is 1.48. The number of nitrogens with zero attached hydrogens (tertiary/aromatic N) is 5. The number of aromatic nitrogens is 5. The Morgan fingerprint density at radius 1 is 1.44 bits per heavy atom. The Bertz CT molecular complexity index is 441. The zero-order valence-electron chi connectivity index (χ0n) is 8.98. The zero-order valence-corrected chi connectivity index (χ0v) is 8.98. The molecule has 0 radical (unpaired) electrons. The van der Waals surface area contributed by atoms with Crippen molar-refractivity contribution in [1.29, 1.82) is 0 Å². The molecule has 1 unspecified atom stereocenters. The Morgan fingerprint density at radius 2 is 2.31 bits per heavy atom. The van der Waals surface area contributed by atoms with Crippen molar-refractivity contribution >= 4 is 0 Å². The molecule has 0 aliphatic rings. The third-order valence-corrected chi connectivity index (χ3v) is 2.16. The molecule has 2 aromatic rings. The third-order valence-electron chi connectivity index (χ3n) is 2.16. The molecule has 0 aliphatic carbocycles. The first-order chi connectivity index (χ1) is 7.74. The lowest BCUT2D eigenvalue weighted by molar-refractivity contribution is 0.172. The fourth-order valence-corrected chi connectivity index (χ4v) is 1.48. The summed E-state index contributed by atoms with van der Waals surface area (Å²) in [5.74, 6) is 0.555. The number of aliphatic hydroxyl groups excluding tert-OH is 1. The summed E-state index contributed by atoms with van der Waals surface area (Å²) in [6.45, 7) is 0. The van der Waals surface area contributed by atoms with Crippen LogP contribution in [0.4, 0.5) is 0 Å². The minimum absolute atomic E-state index is 0.405. The predicted octanol–water partition coefficient (Wildman–Crippen LogP) is -0.249. The lowest BCUT2D eigenvalue weighted by Crippen LogP contribution is -2.15. The lowest BCUT2D eigenvalue weighted by Gasteiger charge is -2.07. The monoisotopic (exact) mass is 219 g/mol. The highest BCUT2D eigenvalue weighted by atomic mass is 16.3. The van der Waals surface area contributed by atoms with Crippen LogP contribution in [0.3, 0.4) is 0 Å². The van der Waals surface area contributed by atoms with Crippen LogP contribution in [-0.2, 0) is 19.9 Å². The van der Waals surface area contributed by atoms with E-state index < -0.39 is 6.10 Å². The second kappa shape index (κ2) is 4.80. The molecule has 0 amide bonds. The van der Waals surface area contributed by atoms with E-state index in [1.165, 1.54) is 4.80 Å². The van der Waals surface area contributed by atoms with E-state index in [1.807, 2.05) is 12.1 Å². The maximum atomic E-state index is 9.82. The number of rotatable bonds is 4. The van der Waals surface area contributed by atoms with E-state index in [4.69, 9.17) is 0 Å². The molecule has 0 saturated heterocycles. The standard InChI is InChI=1S/C10H13N5O/c1-15-13-10(12-14-15)6-9(16)5-8-3-2-4-11-7-8/h2-4,7,9,16H,5-6H2,1H3. The Kier molecular flexibility index (Phi) is 3.21. The Morgan fingerprint density at radius 3 is 2.94 bits per heavy atom. The molecular formula is C10H13N5O. The van der Waals surface area contributed by atoms with Gasteiger partial charge in [-0.05, 0) is 16.8 Å². The van der Waals surface area contributed by atoms with Crippen molar-refractivity contribution in [3.63, 3.8) is 0 Å². The van der Waals surface area contributed by atoms with E-state index in [2.05, 4.69) is 20.4 Å². The van der Waals surface area contributed by atoms with E-state index in [-0.39, 0.29) is 0 Å². The summed E-state index contributed by atoms with van der Waals surface area (Å²) in [4.78, 5) is 5.37. The second-order valence-electron chi connectivity index (χ2n) is 3.62. The summed E-state index contributed by atoms with van der Waals surface area (Å²) in [6.07, 6.45) is 3.90. The van der Waals surface area contributed by atoms with Crippen molar-refractivity contribution in [3.8, 4) is 0 Å². The first-order valence-corrected chi connectivity index (χ1v) is 5.04. The molecular weight excluding hydrogens is 206 g/mol. The smallest absolute Gasteiger partial charge is 0.177 e. The maximum Gasteiger partial charge on any atom is 0.177 e. The minimum Gasteiger partial charge on any atom is -0.392 e. The lowest BCUT2D eigenvalue weighted by atomic mass is 10.1. The average molecular weight is 219 g/mol. The molecule has 0 bridgehead atoms. The minimum atomic E-state index is -0.506. The van der Waals surface area contributed by atoms with Crippen LogP contribution in [0, 0.1) is 0 Å². The van der Waals surface area contributed by atoms with E-state index in [9.17, 15) is 5.11 Å². The summed E-state index contributed by atoms with van der Waals surface area (Å²) in [5, 5.41) is 21.4. The molecule has 16 heavy (non-hydrogen) atoms. The largest absolute Gasteiger partial charge is 0.392 e. The van der Waals surface area contributed by atoms with Crippen LogP contribution in [0.25, 0.3) is 0 Å². The van der Waals surface area contributed by atoms with E-state index in [0.717, 1.165) is 5.56 Å². The van der Waals surface area contributed by atoms with Gasteiger partial charge >= 0.3 is 0 Å². The normalized spacial score (nSPS) is 12.6. The molecule has 1 atom stereocenters. The molecule has 2 aromatic heterocycles. The highest BCUT2D eigenvalue weighted by Crippen LogP contribution is 2.04. The summed E-state index contributed by atoms with van der Waals surface area (Å²) in [5.41, 5.74) is 0.999. The van der Waals surface area contributed by atoms with Gasteiger partial charge in [0.2, 0.25) is 0 Å². The Hall–Kier alpha value is -1.82. The van der Waals surface area contributed by atoms with Crippen LogP contribution < -0.4 is 0 Å². The number of pyridine rings is 1. The first kappa shape index (κ1) is 10.7. The van der Waals surface area contributed by atoms with Gasteiger partial charge in [0.1, 0.15) is 0 Å². The van der Waals surface area contributed by atoms with Gasteiger partial charge in [0, 0.05) is 25.2 Å². The molecule has 2 heterocycles. The summed E-state index contributed by atoms with van der Waals surface area (Å²) >= 11 is 0. The quantitative estimate of drug-likeness (QED) is 0.767. The highest BCUT2D eigenvalue weighted by molar-refractivity contribution is 5.09. The van der Waals surface area contributed by atoms with E-state index in [0.29, 0.717) is 18.7 Å². The van der Waals surface area contributed by atoms with Gasteiger partial charge in [0.25, 0.3) is 0 Å². The van der Waals surface area contributed by atoms with Crippen molar-refractivity contribution in [2.75, 3.05) is 0 Å². The molecule has 2 rings (SSSR count). The van der Waals surface area contributed by atoms with Crippen molar-refractivity contribution < 1.29 is 5.11 Å². The van der Waals surface area contributed by atoms with Crippen LogP contribution >= 0.6 is 0 Å². The Balaban J connectivity index is 1.92. The zero-order chi connectivity index (χ0) is 11.4. The first-order valence-electron chi connectivity index (χ1n) is 5.04. The molecule has 6 heteroatoms. The molecule has 0 aliphatic heterocycles. The number of aliphatic hydroxyl groups is 1. The van der Waals surface area contributed by atoms with Crippen LogP contribution in [0.2, 0.25) is 0 Å². The van der Waals surface area contributed by atoms with E-state index >= 15 is 0 Å². The number of hydrogen-bond acceptors (Lipinski definition) is 5. The summed E-state index contributed by atoms with van der Waals surface area (Å²) < 4.78 is 0. The highest BCUT2D eigenvalue weighted by Gasteiger charge is 2.10. The van der Waals surface area contributed by atoms with Gasteiger partial charge in [-0.25, -0.2) is 0 Å². The van der Waals surface area contributed by atoms with Gasteiger partial charge in [0.05, 0.1) is 13.2 Å². The Labute approximate surface area is 92.9 Å². The molecule has 0 aromatic carbocycles. The van der Waals surface area contributed by atoms with Gasteiger partial charge in [-0.15, -0.1) is 10.2 Å². The van der Waals surface area contributed by atoms with Gasteiger partial charge in [0.15, 0.2) is 5.82 Å². The second-order valence-corrected chi connectivity index (χ2v) is 3.62. The van der Waals surface area contributed by atoms with Gasteiger partial charge < -0.3 is 5.11 Å². The maximum absolute atomic E-state index is 9.82. The van der Waals surface area contributed by atoms with Crippen molar-refractivity contribution in [1.82, 2.24) is 25.2 Å². The van der Waals surface area contributed by atoms with Crippen molar-refractivity contribution in [2.45, 2.75) is 18.9 Å². The van der Waals surface area contributed by atoms with E-state index in [1.54, 1.807) is 19.4 Å². The van der Waals surface area contributed by atoms with Gasteiger partial charge in [-0.2, -0.15) is 4.80 Å². The third kappa shape index (κ3) is 2.83. The van der Waals surface area contributed by atoms with Crippen LogP contribution in [0.1, 0.15) is 11.4 Å². The van der Waals surface area contributed by atoms with Crippen LogP contribution in [0.15, 0.2) is 24.5 Å². The SMILES string of the molecule is Cn1nnc(CC(O)Cc2cccnc2)n1. The molecule has 0 saturated carbocycles. The molecule has 0 fully saturated rings. The fraction of sp³-hybridized carbons (Fsp3) is 0.400. The van der Waals surface area contributed by atoms with Gasteiger partial charge in [-0.3, -0.25) is 4.98 Å². The van der Waals surface area contributed by atoms with Crippen molar-refractivity contribution in [2.24, 2.45) is 7.05 Å². The number of tetrazole rings is 1. The average Bonchev–Trinajstić information content (AvgIpc) is 2.65. The van der Waals surface area contributed by atoms with Crippen LogP contribution in [0.5, 0.6) is 0 Å². The molecule has 1 N–H and O–H groups in total. The van der Waals surface area contributed by atoms with Crippen LogP contribution in [-0.4, -0.2) is 36.4 Å². The summed E-state index contributed by atoms with van der Waals surface area (Å²) in [7, 11) is 1.70. The number of hydrogen-bond donors (Lipinski definition) is 1. The van der Waals surface area contributed by atoms with Crippen molar-refractivity contribution in [3.05, 3.63) is 35.9 Å². The van der Waals surface area contributed by atoms with Gasteiger partial charge in [-0.1, -0.05) is 6.07 Å². The molecule has 84 valence electrons.